The van der Waals surface area contributed by atoms with Crippen LogP contribution in [0.4, 0.5) is 35.1 Å². The van der Waals surface area contributed by atoms with Gasteiger partial charge in [0.1, 0.15) is 11.6 Å². The molecule has 0 atom stereocenters. The smallest absolute Gasteiger partial charge is 0.369 e. The Balaban J connectivity index is 1.69. The van der Waals surface area contributed by atoms with Crippen LogP contribution in [0.15, 0.2) is 24.3 Å². The van der Waals surface area contributed by atoms with E-state index in [1.165, 1.54) is 11.2 Å². The van der Waals surface area contributed by atoms with Crippen molar-refractivity contribution in [1.82, 2.24) is 9.21 Å². The lowest BCUT2D eigenvalue weighted by atomic mass is 9.74. The van der Waals surface area contributed by atoms with Crippen LogP contribution in [0.2, 0.25) is 0 Å². The van der Waals surface area contributed by atoms with Gasteiger partial charge in [-0.25, -0.2) is 21.5 Å². The molecule has 5 nitrogen and oxygen atoms in total. The van der Waals surface area contributed by atoms with Crippen LogP contribution in [0.25, 0.3) is 11.1 Å². The van der Waals surface area contributed by atoms with Crippen molar-refractivity contribution in [1.29, 1.82) is 0 Å². The molecule has 0 bridgehead atoms. The lowest BCUT2D eigenvalue weighted by molar-refractivity contribution is -0.376. The van der Waals surface area contributed by atoms with Gasteiger partial charge < -0.3 is 5.11 Å². The topological polar surface area (TPSA) is 60.9 Å². The van der Waals surface area contributed by atoms with Gasteiger partial charge in [-0.15, -0.1) is 0 Å². The Labute approximate surface area is 232 Å². The normalized spacial score (nSPS) is 18.6. The van der Waals surface area contributed by atoms with Gasteiger partial charge in [0.25, 0.3) is 5.60 Å². The first-order chi connectivity index (χ1) is 18.6. The lowest BCUT2D eigenvalue weighted by Crippen LogP contribution is -2.72. The fraction of sp³-hybridized carbons (Fsp3) is 0.556. The highest BCUT2D eigenvalue weighted by molar-refractivity contribution is 7.88. The molecule has 4 rings (SSSR count). The number of benzene rings is 2. The highest BCUT2D eigenvalue weighted by Crippen LogP contribution is 2.51. The highest BCUT2D eigenvalue weighted by atomic mass is 32.2. The van der Waals surface area contributed by atoms with E-state index in [0.29, 0.717) is 38.3 Å². The van der Waals surface area contributed by atoms with Crippen LogP contribution in [0.1, 0.15) is 48.9 Å². The zero-order valence-corrected chi connectivity index (χ0v) is 23.5. The van der Waals surface area contributed by atoms with Gasteiger partial charge in [-0.3, -0.25) is 4.90 Å². The molecule has 14 heteroatoms. The molecule has 0 unspecified atom stereocenters. The quantitative estimate of drug-likeness (QED) is 0.407. The van der Waals surface area contributed by atoms with E-state index in [0.717, 1.165) is 18.4 Å². The predicted molar refractivity (Wildman–Crippen MR) is 135 cm³/mol. The maximum absolute atomic E-state index is 15.9. The second kappa shape index (κ2) is 10.2. The zero-order valence-electron chi connectivity index (χ0n) is 22.7. The Morgan fingerprint density at radius 3 is 1.98 bits per heavy atom. The summed E-state index contributed by atoms with van der Waals surface area (Å²) in [4.78, 5) is 1.85. The first kappa shape index (κ1) is 31.6. The summed E-state index contributed by atoms with van der Waals surface area (Å²) in [5, 5.41) is 9.82. The van der Waals surface area contributed by atoms with E-state index in [1.807, 2.05) is 4.90 Å². The number of sulfonamides is 1. The molecule has 2 aromatic rings. The van der Waals surface area contributed by atoms with E-state index in [-0.39, 0.29) is 46.2 Å². The van der Waals surface area contributed by atoms with E-state index in [1.54, 1.807) is 13.8 Å². The number of halogens is 8. The molecular formula is C27H30F8N2O3S. The number of hydrogen-bond acceptors (Lipinski definition) is 4. The van der Waals surface area contributed by atoms with Crippen LogP contribution < -0.4 is 0 Å². The Morgan fingerprint density at radius 2 is 1.51 bits per heavy atom. The minimum atomic E-state index is -6.09. The third kappa shape index (κ3) is 5.36. The van der Waals surface area contributed by atoms with Crippen LogP contribution in [-0.2, 0) is 28.6 Å². The number of likely N-dealkylation sites (tertiary alicyclic amines) is 1. The number of aryl methyl sites for hydroxylation is 1. The second-order valence-electron chi connectivity index (χ2n) is 11.4. The number of rotatable bonds is 7. The molecule has 228 valence electrons. The number of aliphatic hydroxyl groups is 1. The molecule has 2 aliphatic heterocycles. The lowest BCUT2D eigenvalue weighted by Gasteiger charge is -2.59. The first-order valence-electron chi connectivity index (χ1n) is 12.8. The largest absolute Gasteiger partial charge is 0.430 e. The summed E-state index contributed by atoms with van der Waals surface area (Å²) in [5.74, 6) is -2.24. The standard InChI is InChI=1S/C27H30F8N2O3S/c1-5-16-8-18(25(38,26(30,31)32)27(33,34)35)6-7-19(16)22-20(28)9-17(23(29)21(22)15(2)3)10-36-11-24(12-36)13-37(14-24)41(4,39)40/h6-9,15,38H,5,10-14H2,1-4H3. The SMILES string of the molecule is CCc1cc(C(O)(C(F)(F)F)C(F)(F)F)ccc1-c1c(F)cc(CN2CC3(C2)CN(S(C)(=O)=O)C3)c(F)c1C(C)C. The first-order valence-corrected chi connectivity index (χ1v) is 14.7. The van der Waals surface area contributed by atoms with Gasteiger partial charge in [0.05, 0.1) is 6.26 Å². The Morgan fingerprint density at radius 1 is 0.951 bits per heavy atom. The van der Waals surface area contributed by atoms with Crippen LogP contribution in [0.5, 0.6) is 0 Å². The number of alkyl halides is 6. The summed E-state index contributed by atoms with van der Waals surface area (Å²) in [7, 11) is -3.30. The molecule has 2 aliphatic rings. The summed E-state index contributed by atoms with van der Waals surface area (Å²) in [5.41, 5.74) is -7.38. The van der Waals surface area contributed by atoms with Crippen molar-refractivity contribution in [3.63, 3.8) is 0 Å². The maximum atomic E-state index is 15.9. The third-order valence-corrected chi connectivity index (χ3v) is 9.10. The molecule has 41 heavy (non-hydrogen) atoms. The van der Waals surface area contributed by atoms with E-state index in [4.69, 9.17) is 0 Å². The monoisotopic (exact) mass is 614 g/mol. The van der Waals surface area contributed by atoms with Gasteiger partial charge in [0.2, 0.25) is 10.0 Å². The van der Waals surface area contributed by atoms with E-state index >= 15 is 8.78 Å². The minimum absolute atomic E-state index is 0.0299. The van der Waals surface area contributed by atoms with Crippen molar-refractivity contribution in [3.05, 3.63) is 58.2 Å². The molecule has 1 spiro atoms. The highest BCUT2D eigenvalue weighted by Gasteiger charge is 2.71. The Kier molecular flexibility index (Phi) is 7.84. The van der Waals surface area contributed by atoms with Crippen LogP contribution in [-0.4, -0.2) is 67.5 Å². The Bertz CT molecular complexity index is 1430. The van der Waals surface area contributed by atoms with Crippen molar-refractivity contribution in [2.24, 2.45) is 5.41 Å². The average molecular weight is 615 g/mol. The molecule has 0 aliphatic carbocycles. The van der Waals surface area contributed by atoms with Gasteiger partial charge in [0, 0.05) is 60.4 Å². The molecule has 2 fully saturated rings. The summed E-state index contributed by atoms with van der Waals surface area (Å²) in [6.07, 6.45) is -11.2. The minimum Gasteiger partial charge on any atom is -0.369 e. The zero-order chi connectivity index (χ0) is 30.9. The van der Waals surface area contributed by atoms with Crippen molar-refractivity contribution in [2.75, 3.05) is 32.4 Å². The van der Waals surface area contributed by atoms with Crippen molar-refractivity contribution < 1.29 is 48.6 Å². The average Bonchev–Trinajstić information content (AvgIpc) is 2.77. The molecular weight excluding hydrogens is 584 g/mol. The number of nitrogens with zero attached hydrogens (tertiary/aromatic N) is 2. The number of hydrogen-bond donors (Lipinski definition) is 1. The van der Waals surface area contributed by atoms with Crippen LogP contribution in [0, 0.1) is 17.0 Å². The van der Waals surface area contributed by atoms with Crippen LogP contribution in [0.3, 0.4) is 0 Å². The van der Waals surface area contributed by atoms with E-state index in [9.17, 15) is 39.9 Å². The van der Waals surface area contributed by atoms with Gasteiger partial charge >= 0.3 is 12.4 Å². The fourth-order valence-electron chi connectivity index (χ4n) is 5.87. The predicted octanol–water partition coefficient (Wildman–Crippen LogP) is 5.71. The molecule has 0 aromatic heterocycles. The van der Waals surface area contributed by atoms with Gasteiger partial charge in [-0.05, 0) is 29.5 Å². The summed E-state index contributed by atoms with van der Waals surface area (Å²) in [6.45, 7) is 6.32. The maximum Gasteiger partial charge on any atom is 0.430 e. The summed E-state index contributed by atoms with van der Waals surface area (Å²) >= 11 is 0. The molecule has 0 saturated carbocycles. The molecule has 2 saturated heterocycles. The molecule has 2 heterocycles. The van der Waals surface area contributed by atoms with E-state index in [2.05, 4.69) is 0 Å². The molecule has 2 aromatic carbocycles. The van der Waals surface area contributed by atoms with Gasteiger partial charge in [-0.1, -0.05) is 39.0 Å². The van der Waals surface area contributed by atoms with Gasteiger partial charge in [-0.2, -0.15) is 26.3 Å². The summed E-state index contributed by atoms with van der Waals surface area (Å²) in [6, 6.07) is 2.79. The molecule has 0 amide bonds. The third-order valence-electron chi connectivity index (χ3n) is 7.90. The molecule has 1 N–H and O–H groups in total. The van der Waals surface area contributed by atoms with Gasteiger partial charge in [0.15, 0.2) is 0 Å². The summed E-state index contributed by atoms with van der Waals surface area (Å²) < 4.78 is 137. The molecule has 0 radical (unpaired) electrons. The Hall–Kier alpha value is -2.29. The van der Waals surface area contributed by atoms with Crippen molar-refractivity contribution >= 4 is 10.0 Å². The van der Waals surface area contributed by atoms with Crippen LogP contribution >= 0.6 is 0 Å². The van der Waals surface area contributed by atoms with E-state index < -0.39 is 51.1 Å². The van der Waals surface area contributed by atoms with Crippen molar-refractivity contribution in [2.45, 2.75) is 57.6 Å². The van der Waals surface area contributed by atoms with Crippen molar-refractivity contribution in [3.8, 4) is 11.1 Å². The fourth-order valence-corrected chi connectivity index (χ4v) is 6.88. The second-order valence-corrected chi connectivity index (χ2v) is 13.4.